The lowest BCUT2D eigenvalue weighted by atomic mass is 9.82. The van der Waals surface area contributed by atoms with Gasteiger partial charge in [-0.1, -0.05) is 37.6 Å². The fourth-order valence-electron chi connectivity index (χ4n) is 4.37. The highest BCUT2D eigenvalue weighted by atomic mass is 16.8. The molecular weight excluding hydrogens is 374 g/mol. The number of aliphatic hydroxyl groups is 1. The van der Waals surface area contributed by atoms with E-state index >= 15 is 0 Å². The molecule has 0 saturated carbocycles. The average Bonchev–Trinajstić information content (AvgIpc) is 3.39. The maximum absolute atomic E-state index is 11.7. The summed E-state index contributed by atoms with van der Waals surface area (Å²) in [6.45, 7) is 8.56. The molecule has 0 unspecified atom stereocenters. The highest BCUT2D eigenvalue weighted by molar-refractivity contribution is 6.25. The minimum Gasteiger partial charge on any atom is -0.507 e. The van der Waals surface area contributed by atoms with Crippen molar-refractivity contribution in [2.75, 3.05) is 13.2 Å². The normalized spacial score (nSPS) is 41.8. The molecule has 4 heterocycles. The van der Waals surface area contributed by atoms with Gasteiger partial charge in [0, 0.05) is 11.8 Å². The zero-order valence-electron chi connectivity index (χ0n) is 17.1. The van der Waals surface area contributed by atoms with Gasteiger partial charge < -0.3 is 24.6 Å². The van der Waals surface area contributed by atoms with E-state index in [9.17, 15) is 14.7 Å². The third kappa shape index (κ3) is 3.37. The van der Waals surface area contributed by atoms with Crippen LogP contribution in [0.2, 0.25) is 0 Å². The predicted molar refractivity (Wildman–Crippen MR) is 105 cm³/mol. The van der Waals surface area contributed by atoms with Crippen molar-refractivity contribution in [3.05, 3.63) is 47.3 Å². The molecule has 29 heavy (non-hydrogen) atoms. The number of ketones is 1. The minimum absolute atomic E-state index is 0.0269. The summed E-state index contributed by atoms with van der Waals surface area (Å²) in [5.41, 5.74) is 0.221. The molecular formula is C22H27NO6. The van der Waals surface area contributed by atoms with Crippen LogP contribution in [0.1, 0.15) is 27.7 Å². The first-order valence-electron chi connectivity index (χ1n) is 9.96. The number of aliphatic hydroxyl groups excluding tert-OH is 1. The number of rotatable bonds is 4. The van der Waals surface area contributed by atoms with Crippen molar-refractivity contribution in [3.8, 4) is 0 Å². The van der Waals surface area contributed by atoms with E-state index < -0.39 is 23.1 Å². The standard InChI is InChI=1S/C22H27NO6/c1-12(5-6-15(24)18-16(25)10-23-20(18)26)9-13(2)19-14(3)17-7-8-22(11-27-22)21(4,28-17)29-19/h5-9,13-14,17,19,24H,10-11H2,1-4H3,(H,23,26)/b6-5+,12-9+,18-15+/t13-,14+,17+,19-,21+,22-/m1/s1. The van der Waals surface area contributed by atoms with Crippen molar-refractivity contribution in [1.29, 1.82) is 0 Å². The van der Waals surface area contributed by atoms with E-state index in [4.69, 9.17) is 14.2 Å². The van der Waals surface area contributed by atoms with Crippen LogP contribution in [0, 0.1) is 11.8 Å². The Morgan fingerprint density at radius 2 is 2.07 bits per heavy atom. The van der Waals surface area contributed by atoms with Gasteiger partial charge >= 0.3 is 0 Å². The smallest absolute Gasteiger partial charge is 0.259 e. The molecule has 4 aliphatic rings. The third-order valence-corrected chi connectivity index (χ3v) is 6.26. The molecule has 0 aromatic heterocycles. The number of epoxide rings is 1. The lowest BCUT2D eigenvalue weighted by molar-refractivity contribution is -0.346. The summed E-state index contributed by atoms with van der Waals surface area (Å²) in [6, 6.07) is 0. The number of carbonyl (C=O) groups is 2. The summed E-state index contributed by atoms with van der Waals surface area (Å²) in [5, 5.41) is 12.5. The first-order valence-corrected chi connectivity index (χ1v) is 9.96. The molecule has 0 aliphatic carbocycles. The van der Waals surface area contributed by atoms with Gasteiger partial charge in [0.1, 0.15) is 11.3 Å². The Morgan fingerprint density at radius 1 is 1.34 bits per heavy atom. The van der Waals surface area contributed by atoms with Gasteiger partial charge in [-0.3, -0.25) is 9.59 Å². The van der Waals surface area contributed by atoms with Crippen molar-refractivity contribution in [2.24, 2.45) is 11.8 Å². The van der Waals surface area contributed by atoms with E-state index in [1.54, 1.807) is 6.08 Å². The van der Waals surface area contributed by atoms with Crippen LogP contribution in [0.15, 0.2) is 47.3 Å². The second-order valence-electron chi connectivity index (χ2n) is 8.48. The Kier molecular flexibility index (Phi) is 4.80. The van der Waals surface area contributed by atoms with Gasteiger partial charge in [0.2, 0.25) is 5.79 Å². The monoisotopic (exact) mass is 401 g/mol. The minimum atomic E-state index is -0.797. The highest BCUT2D eigenvalue weighted by Crippen LogP contribution is 2.51. The SMILES string of the molecule is CC(/C=C/C(O)=C1/C(=O)CNC1=O)=C\[C@@H](C)[C@H]1O[C@]2(C)O[C@@H](C=C[C@@]23CO3)[C@@H]1C. The second kappa shape index (κ2) is 6.93. The van der Waals surface area contributed by atoms with Gasteiger partial charge in [0.05, 0.1) is 25.4 Å². The number of nitrogens with one attached hydrogen (secondary N) is 1. The van der Waals surface area contributed by atoms with Crippen molar-refractivity contribution in [1.82, 2.24) is 5.32 Å². The lowest BCUT2D eigenvalue weighted by Crippen LogP contribution is -2.61. The lowest BCUT2D eigenvalue weighted by Gasteiger charge is -2.51. The molecule has 7 heteroatoms. The predicted octanol–water partition coefficient (Wildman–Crippen LogP) is 2.11. The molecule has 0 aromatic carbocycles. The Balaban J connectivity index is 1.49. The molecule has 3 saturated heterocycles. The van der Waals surface area contributed by atoms with Crippen molar-refractivity contribution < 1.29 is 28.9 Å². The Hall–Kier alpha value is -2.22. The molecule has 156 valence electrons. The summed E-state index contributed by atoms with van der Waals surface area (Å²) in [7, 11) is 0. The number of hydrogen-bond donors (Lipinski definition) is 2. The molecule has 0 aromatic rings. The van der Waals surface area contributed by atoms with Crippen LogP contribution in [-0.2, 0) is 23.8 Å². The van der Waals surface area contributed by atoms with E-state index in [0.29, 0.717) is 6.61 Å². The van der Waals surface area contributed by atoms with E-state index in [-0.39, 0.29) is 41.9 Å². The van der Waals surface area contributed by atoms with Gasteiger partial charge in [-0.2, -0.15) is 0 Å². The fourth-order valence-corrected chi connectivity index (χ4v) is 4.37. The molecule has 3 fully saturated rings. The molecule has 0 radical (unpaired) electrons. The number of fused-ring (bicyclic) bond motifs is 3. The summed E-state index contributed by atoms with van der Waals surface area (Å²) < 4.78 is 18.2. The van der Waals surface area contributed by atoms with Crippen molar-refractivity contribution in [3.63, 3.8) is 0 Å². The van der Waals surface area contributed by atoms with Gasteiger partial charge in [0.25, 0.3) is 5.91 Å². The molecule has 4 aliphatic heterocycles. The Morgan fingerprint density at radius 3 is 2.69 bits per heavy atom. The maximum Gasteiger partial charge on any atom is 0.259 e. The molecule has 7 nitrogen and oxygen atoms in total. The van der Waals surface area contributed by atoms with Gasteiger partial charge in [-0.05, 0) is 26.0 Å². The van der Waals surface area contributed by atoms with Gasteiger partial charge in [0.15, 0.2) is 11.4 Å². The number of amides is 1. The van der Waals surface area contributed by atoms with E-state index in [1.807, 2.05) is 13.8 Å². The summed E-state index contributed by atoms with van der Waals surface area (Å²) in [5.74, 6) is -1.82. The largest absolute Gasteiger partial charge is 0.507 e. The topological polar surface area (TPSA) is 97.4 Å². The molecule has 1 spiro atoms. The molecule has 2 bridgehead atoms. The highest BCUT2D eigenvalue weighted by Gasteiger charge is 2.65. The number of Topliss-reactive ketones (excluding diaryl/α,β-unsaturated/α-hetero) is 1. The maximum atomic E-state index is 11.7. The van der Waals surface area contributed by atoms with E-state index in [0.717, 1.165) is 5.57 Å². The van der Waals surface area contributed by atoms with Crippen LogP contribution in [-0.4, -0.2) is 53.5 Å². The Bertz CT molecular complexity index is 847. The first-order chi connectivity index (χ1) is 13.7. The fraction of sp³-hybridized carbons (Fsp3) is 0.545. The van der Waals surface area contributed by atoms with Crippen LogP contribution < -0.4 is 5.32 Å². The van der Waals surface area contributed by atoms with Crippen LogP contribution in [0.4, 0.5) is 0 Å². The van der Waals surface area contributed by atoms with E-state index in [1.165, 1.54) is 6.08 Å². The summed E-state index contributed by atoms with van der Waals surface area (Å²) in [4.78, 5) is 23.3. The number of carbonyl (C=O) groups excluding carboxylic acids is 2. The third-order valence-electron chi connectivity index (χ3n) is 6.26. The molecule has 2 N–H and O–H groups in total. The summed E-state index contributed by atoms with van der Waals surface area (Å²) >= 11 is 0. The van der Waals surface area contributed by atoms with Gasteiger partial charge in [-0.15, -0.1) is 0 Å². The molecule has 4 rings (SSSR count). The number of allylic oxidation sites excluding steroid dienone is 3. The Labute approximate surface area is 170 Å². The van der Waals surface area contributed by atoms with Crippen LogP contribution in [0.25, 0.3) is 0 Å². The van der Waals surface area contributed by atoms with Crippen LogP contribution in [0.3, 0.4) is 0 Å². The zero-order chi connectivity index (χ0) is 21.0. The van der Waals surface area contributed by atoms with Crippen LogP contribution >= 0.6 is 0 Å². The summed E-state index contributed by atoms with van der Waals surface area (Å²) in [6.07, 6.45) is 9.18. The zero-order valence-corrected chi connectivity index (χ0v) is 17.1. The molecule has 6 atom stereocenters. The first kappa shape index (κ1) is 20.1. The van der Waals surface area contributed by atoms with E-state index in [2.05, 4.69) is 37.4 Å². The van der Waals surface area contributed by atoms with Crippen molar-refractivity contribution >= 4 is 11.7 Å². The van der Waals surface area contributed by atoms with Crippen molar-refractivity contribution in [2.45, 2.75) is 51.3 Å². The molecule has 1 amide bonds. The van der Waals surface area contributed by atoms with Gasteiger partial charge in [-0.25, -0.2) is 0 Å². The number of ether oxygens (including phenoxy) is 3. The quantitative estimate of drug-likeness (QED) is 0.187. The number of hydrogen-bond acceptors (Lipinski definition) is 6. The second-order valence-corrected chi connectivity index (χ2v) is 8.48. The average molecular weight is 401 g/mol. The van der Waals surface area contributed by atoms with Crippen LogP contribution in [0.5, 0.6) is 0 Å².